The molecule has 1 saturated heterocycles. The largest absolute Gasteiger partial charge is 0.352 e. The number of nitrogens with zero attached hydrogens (tertiary/aromatic N) is 1. The van der Waals surface area contributed by atoms with Gasteiger partial charge < -0.3 is 10.6 Å². The third-order valence-electron chi connectivity index (χ3n) is 5.93. The number of hydrogen-bond donors (Lipinski definition) is 2. The number of sulfonamides is 1. The minimum atomic E-state index is -3.62. The molecule has 0 aliphatic carbocycles. The molecule has 0 spiro atoms. The van der Waals surface area contributed by atoms with Gasteiger partial charge in [0.2, 0.25) is 15.9 Å². The van der Waals surface area contributed by atoms with E-state index in [9.17, 15) is 17.6 Å². The second kappa shape index (κ2) is 11.0. The van der Waals surface area contributed by atoms with Gasteiger partial charge in [0, 0.05) is 37.2 Å². The second-order valence-corrected chi connectivity index (χ2v) is 10.2. The number of rotatable bonds is 9. The van der Waals surface area contributed by atoms with Crippen LogP contribution in [0.4, 0.5) is 4.39 Å². The maximum atomic E-state index is 13.7. The SMILES string of the molecule is CCCNC(C)c1cccc(S(=O)(=O)N2CCC(C(=O)NCc3ccccc3F)CC2)c1. The molecule has 0 saturated carbocycles. The Morgan fingerprint density at radius 1 is 1.16 bits per heavy atom. The third kappa shape index (κ3) is 5.94. The van der Waals surface area contributed by atoms with Crippen molar-refractivity contribution >= 4 is 15.9 Å². The molecule has 1 unspecified atom stereocenters. The number of hydrogen-bond acceptors (Lipinski definition) is 4. The molecule has 1 aliphatic heterocycles. The average molecular weight is 462 g/mol. The quantitative estimate of drug-likeness (QED) is 0.598. The Hall–Kier alpha value is -2.29. The first kappa shape index (κ1) is 24.4. The van der Waals surface area contributed by atoms with E-state index in [1.165, 1.54) is 10.4 Å². The summed E-state index contributed by atoms with van der Waals surface area (Å²) in [5, 5.41) is 6.15. The number of amides is 1. The fraction of sp³-hybridized carbons (Fsp3) is 0.458. The van der Waals surface area contributed by atoms with Gasteiger partial charge in [0.1, 0.15) is 5.82 Å². The molecule has 0 bridgehead atoms. The summed E-state index contributed by atoms with van der Waals surface area (Å²) in [6.45, 7) is 5.67. The Kier molecular flexibility index (Phi) is 8.39. The molecule has 0 aromatic heterocycles. The molecule has 174 valence electrons. The minimum absolute atomic E-state index is 0.0639. The molecule has 6 nitrogen and oxygen atoms in total. The number of piperidine rings is 1. The average Bonchev–Trinajstić information content (AvgIpc) is 2.82. The summed E-state index contributed by atoms with van der Waals surface area (Å²) < 4.78 is 41.5. The summed E-state index contributed by atoms with van der Waals surface area (Å²) in [4.78, 5) is 12.8. The fourth-order valence-corrected chi connectivity index (χ4v) is 5.42. The molecule has 1 fully saturated rings. The van der Waals surface area contributed by atoms with Crippen LogP contribution < -0.4 is 10.6 Å². The van der Waals surface area contributed by atoms with E-state index >= 15 is 0 Å². The number of nitrogens with one attached hydrogen (secondary N) is 2. The normalized spacial score (nSPS) is 16.6. The zero-order valence-corrected chi connectivity index (χ0v) is 19.5. The van der Waals surface area contributed by atoms with Crippen molar-refractivity contribution in [3.8, 4) is 0 Å². The molecule has 3 rings (SSSR count). The standard InChI is InChI=1S/C24H32FN3O3S/c1-3-13-26-18(2)20-8-6-9-22(16-20)32(30,31)28-14-11-19(12-15-28)24(29)27-17-21-7-4-5-10-23(21)25/h4-10,16,18-19,26H,3,11-15,17H2,1-2H3,(H,27,29). The van der Waals surface area contributed by atoms with Crippen molar-refractivity contribution in [1.82, 2.24) is 14.9 Å². The van der Waals surface area contributed by atoms with Crippen LogP contribution in [-0.4, -0.2) is 38.3 Å². The third-order valence-corrected chi connectivity index (χ3v) is 7.83. The van der Waals surface area contributed by atoms with Crippen LogP contribution in [0.3, 0.4) is 0 Å². The lowest BCUT2D eigenvalue weighted by atomic mass is 9.97. The molecular weight excluding hydrogens is 429 g/mol. The Balaban J connectivity index is 1.58. The minimum Gasteiger partial charge on any atom is -0.352 e. The van der Waals surface area contributed by atoms with E-state index in [2.05, 4.69) is 17.6 Å². The number of halogens is 1. The van der Waals surface area contributed by atoms with Gasteiger partial charge in [0.05, 0.1) is 4.90 Å². The van der Waals surface area contributed by atoms with Gasteiger partial charge in [-0.1, -0.05) is 37.3 Å². The topological polar surface area (TPSA) is 78.5 Å². The van der Waals surface area contributed by atoms with Crippen molar-refractivity contribution in [2.45, 2.75) is 50.6 Å². The van der Waals surface area contributed by atoms with Gasteiger partial charge in [0.15, 0.2) is 0 Å². The van der Waals surface area contributed by atoms with Gasteiger partial charge in [-0.2, -0.15) is 4.31 Å². The van der Waals surface area contributed by atoms with Crippen LogP contribution in [0.5, 0.6) is 0 Å². The van der Waals surface area contributed by atoms with Crippen LogP contribution in [0.15, 0.2) is 53.4 Å². The van der Waals surface area contributed by atoms with Crippen molar-refractivity contribution in [3.05, 3.63) is 65.5 Å². The van der Waals surface area contributed by atoms with Crippen molar-refractivity contribution in [3.63, 3.8) is 0 Å². The molecule has 1 aliphatic rings. The molecule has 1 amide bonds. The van der Waals surface area contributed by atoms with Crippen molar-refractivity contribution in [1.29, 1.82) is 0 Å². The summed E-state index contributed by atoms with van der Waals surface area (Å²) in [7, 11) is -3.62. The first-order valence-electron chi connectivity index (χ1n) is 11.2. The first-order chi connectivity index (χ1) is 15.3. The summed E-state index contributed by atoms with van der Waals surface area (Å²) in [6.07, 6.45) is 1.89. The van der Waals surface area contributed by atoms with Gasteiger partial charge in [0.25, 0.3) is 0 Å². The zero-order chi connectivity index (χ0) is 23.1. The summed E-state index contributed by atoms with van der Waals surface area (Å²) >= 11 is 0. The number of carbonyl (C=O) groups is 1. The lowest BCUT2D eigenvalue weighted by Gasteiger charge is -2.30. The lowest BCUT2D eigenvalue weighted by molar-refractivity contribution is -0.126. The highest BCUT2D eigenvalue weighted by molar-refractivity contribution is 7.89. The Labute approximate surface area is 190 Å². The van der Waals surface area contributed by atoms with E-state index in [0.29, 0.717) is 18.4 Å². The fourth-order valence-electron chi connectivity index (χ4n) is 3.90. The molecule has 1 heterocycles. The van der Waals surface area contributed by atoms with E-state index < -0.39 is 10.0 Å². The van der Waals surface area contributed by atoms with Gasteiger partial charge >= 0.3 is 0 Å². The molecule has 32 heavy (non-hydrogen) atoms. The molecule has 8 heteroatoms. The molecular formula is C24H32FN3O3S. The van der Waals surface area contributed by atoms with E-state index in [0.717, 1.165) is 18.5 Å². The van der Waals surface area contributed by atoms with E-state index in [1.807, 2.05) is 13.0 Å². The van der Waals surface area contributed by atoms with Gasteiger partial charge in [-0.3, -0.25) is 4.79 Å². The van der Waals surface area contributed by atoms with Gasteiger partial charge in [-0.05, 0) is 56.5 Å². The van der Waals surface area contributed by atoms with Crippen LogP contribution >= 0.6 is 0 Å². The zero-order valence-electron chi connectivity index (χ0n) is 18.7. The highest BCUT2D eigenvalue weighted by Crippen LogP contribution is 2.26. The first-order valence-corrected chi connectivity index (χ1v) is 12.6. The van der Waals surface area contributed by atoms with Crippen molar-refractivity contribution < 1.29 is 17.6 Å². The molecule has 2 N–H and O–H groups in total. The van der Waals surface area contributed by atoms with Crippen LogP contribution in [0, 0.1) is 11.7 Å². The van der Waals surface area contributed by atoms with Crippen LogP contribution in [-0.2, 0) is 21.4 Å². The summed E-state index contributed by atoms with van der Waals surface area (Å²) in [5.41, 5.74) is 1.37. The van der Waals surface area contributed by atoms with Crippen LogP contribution in [0.2, 0.25) is 0 Å². The van der Waals surface area contributed by atoms with E-state index in [1.54, 1.807) is 36.4 Å². The monoisotopic (exact) mass is 461 g/mol. The Bertz CT molecular complexity index is 1020. The number of benzene rings is 2. The Morgan fingerprint density at radius 3 is 2.56 bits per heavy atom. The van der Waals surface area contributed by atoms with Crippen LogP contribution in [0.25, 0.3) is 0 Å². The Morgan fingerprint density at radius 2 is 1.88 bits per heavy atom. The molecule has 0 radical (unpaired) electrons. The van der Waals surface area contributed by atoms with Gasteiger partial charge in [-0.15, -0.1) is 0 Å². The highest BCUT2D eigenvalue weighted by atomic mass is 32.2. The molecule has 2 aromatic rings. The smallest absolute Gasteiger partial charge is 0.243 e. The second-order valence-electron chi connectivity index (χ2n) is 8.24. The summed E-state index contributed by atoms with van der Waals surface area (Å²) in [6, 6.07) is 13.5. The summed E-state index contributed by atoms with van der Waals surface area (Å²) in [5.74, 6) is -0.795. The molecule has 1 atom stereocenters. The lowest BCUT2D eigenvalue weighted by Crippen LogP contribution is -2.42. The highest BCUT2D eigenvalue weighted by Gasteiger charge is 2.32. The maximum Gasteiger partial charge on any atom is 0.243 e. The van der Waals surface area contributed by atoms with E-state index in [4.69, 9.17) is 0 Å². The van der Waals surface area contributed by atoms with Gasteiger partial charge in [-0.25, -0.2) is 12.8 Å². The number of carbonyl (C=O) groups excluding carboxylic acids is 1. The maximum absolute atomic E-state index is 13.7. The van der Waals surface area contributed by atoms with Crippen LogP contribution in [0.1, 0.15) is 50.3 Å². The molecule has 2 aromatic carbocycles. The van der Waals surface area contributed by atoms with Crippen molar-refractivity contribution in [2.24, 2.45) is 5.92 Å². The predicted octanol–water partition coefficient (Wildman–Crippen LogP) is 3.60. The predicted molar refractivity (Wildman–Crippen MR) is 123 cm³/mol. The van der Waals surface area contributed by atoms with Crippen molar-refractivity contribution in [2.75, 3.05) is 19.6 Å². The van der Waals surface area contributed by atoms with E-state index in [-0.39, 0.29) is 48.2 Å².